The number of carboxylic acid groups (broad SMARTS) is 1. The van der Waals surface area contributed by atoms with Crippen LogP contribution in [0.2, 0.25) is 15.1 Å². The number of hydrogen-bond acceptors (Lipinski definition) is 8. The molecule has 1 N–H and O–H groups in total. The highest BCUT2D eigenvalue weighted by Gasteiger charge is 2.20. The van der Waals surface area contributed by atoms with Crippen molar-refractivity contribution < 1.29 is 24.1 Å². The number of nitrogens with zero attached hydrogens (tertiary/aromatic N) is 5. The SMILES string of the molecule is C#CCOc1cc(-n2nc3n(c2=O)CCCC3)c(Cl)cc1Cl.CC(Oc1ccc(Oc2cnc3cc(Cl)ccc3n2)cc1)C(=O)O. The zero-order valence-electron chi connectivity index (χ0n) is 24.3. The Morgan fingerprint density at radius 3 is 2.52 bits per heavy atom. The molecule has 1 unspecified atom stereocenters. The number of ether oxygens (including phenoxy) is 3. The van der Waals surface area contributed by atoms with Crippen molar-refractivity contribution in [3.8, 4) is 41.2 Å². The number of benzene rings is 3. The van der Waals surface area contributed by atoms with Crippen molar-refractivity contribution in [2.45, 2.75) is 38.8 Å². The van der Waals surface area contributed by atoms with E-state index >= 15 is 0 Å². The van der Waals surface area contributed by atoms with Crippen molar-refractivity contribution in [1.82, 2.24) is 24.3 Å². The molecule has 0 amide bonds. The minimum atomic E-state index is -1.03. The molecule has 6 rings (SSSR count). The Bertz CT molecular complexity index is 1990. The van der Waals surface area contributed by atoms with Crippen molar-refractivity contribution in [2.24, 2.45) is 0 Å². The first kappa shape index (κ1) is 32.6. The molecule has 0 saturated carbocycles. The highest BCUT2D eigenvalue weighted by Crippen LogP contribution is 2.33. The number of aliphatic carboxylic acids is 1. The van der Waals surface area contributed by atoms with E-state index in [1.54, 1.807) is 53.1 Å². The van der Waals surface area contributed by atoms with Crippen LogP contribution in [0.4, 0.5) is 0 Å². The van der Waals surface area contributed by atoms with Gasteiger partial charge in [0.2, 0.25) is 5.88 Å². The van der Waals surface area contributed by atoms with E-state index in [-0.39, 0.29) is 12.3 Å². The van der Waals surface area contributed by atoms with Crippen LogP contribution in [0.25, 0.3) is 16.7 Å². The zero-order valence-corrected chi connectivity index (χ0v) is 26.6. The van der Waals surface area contributed by atoms with Gasteiger partial charge in [-0.2, -0.15) is 4.68 Å². The molecule has 2 aromatic heterocycles. The summed E-state index contributed by atoms with van der Waals surface area (Å²) in [5, 5.41) is 14.5. The average Bonchev–Trinajstić information content (AvgIpc) is 3.37. The second kappa shape index (κ2) is 14.6. The predicted octanol–water partition coefficient (Wildman–Crippen LogP) is 6.62. The average molecular weight is 683 g/mol. The molecule has 1 atom stereocenters. The fourth-order valence-electron chi connectivity index (χ4n) is 4.44. The summed E-state index contributed by atoms with van der Waals surface area (Å²) >= 11 is 18.2. The molecule has 0 fully saturated rings. The van der Waals surface area contributed by atoms with Crippen molar-refractivity contribution in [3.63, 3.8) is 0 Å². The van der Waals surface area contributed by atoms with Crippen LogP contribution in [0, 0.1) is 12.3 Å². The summed E-state index contributed by atoms with van der Waals surface area (Å²) in [5.74, 6) is 3.81. The number of fused-ring (bicyclic) bond motifs is 2. The smallest absolute Gasteiger partial charge is 0.350 e. The third-order valence-corrected chi connectivity index (χ3v) is 7.53. The van der Waals surface area contributed by atoms with Gasteiger partial charge in [-0.15, -0.1) is 11.5 Å². The van der Waals surface area contributed by atoms with Crippen molar-refractivity contribution in [1.29, 1.82) is 0 Å². The Hall–Kier alpha value is -4.76. The normalized spacial score (nSPS) is 12.7. The Morgan fingerprint density at radius 2 is 1.80 bits per heavy atom. The molecule has 236 valence electrons. The summed E-state index contributed by atoms with van der Waals surface area (Å²) in [5.41, 5.74) is 1.58. The van der Waals surface area contributed by atoms with Crippen molar-refractivity contribution in [2.75, 3.05) is 6.61 Å². The molecule has 1 aliphatic heterocycles. The van der Waals surface area contributed by atoms with Gasteiger partial charge in [0.25, 0.3) is 0 Å². The largest absolute Gasteiger partial charge is 0.479 e. The van der Waals surface area contributed by atoms with Crippen LogP contribution in [-0.2, 0) is 17.8 Å². The van der Waals surface area contributed by atoms with E-state index < -0.39 is 12.1 Å². The molecule has 1 aliphatic rings. The lowest BCUT2D eigenvalue weighted by atomic mass is 10.2. The fraction of sp³-hybridized carbons (Fsp3) is 0.219. The van der Waals surface area contributed by atoms with Crippen LogP contribution in [0.1, 0.15) is 25.6 Å². The lowest BCUT2D eigenvalue weighted by Gasteiger charge is -2.11. The maximum absolute atomic E-state index is 12.5. The lowest BCUT2D eigenvalue weighted by molar-refractivity contribution is -0.144. The number of rotatable bonds is 8. The van der Waals surface area contributed by atoms with E-state index in [2.05, 4.69) is 21.0 Å². The summed E-state index contributed by atoms with van der Waals surface area (Å²) < 4.78 is 19.2. The van der Waals surface area contributed by atoms with Gasteiger partial charge in [-0.1, -0.05) is 40.7 Å². The number of carbonyl (C=O) groups is 1. The van der Waals surface area contributed by atoms with E-state index in [1.807, 2.05) is 0 Å². The first-order valence-corrected chi connectivity index (χ1v) is 15.1. The molecule has 0 aliphatic carbocycles. The Balaban J connectivity index is 0.000000182. The molecule has 5 aromatic rings. The quantitative estimate of drug-likeness (QED) is 0.180. The third kappa shape index (κ3) is 7.72. The Morgan fingerprint density at radius 1 is 1.04 bits per heavy atom. The minimum absolute atomic E-state index is 0.0788. The van der Waals surface area contributed by atoms with Gasteiger partial charge in [0, 0.05) is 24.1 Å². The lowest BCUT2D eigenvalue weighted by Crippen LogP contribution is -2.26. The van der Waals surface area contributed by atoms with Gasteiger partial charge in [0.1, 0.15) is 29.7 Å². The highest BCUT2D eigenvalue weighted by molar-refractivity contribution is 6.36. The van der Waals surface area contributed by atoms with Gasteiger partial charge in [-0.3, -0.25) is 4.57 Å². The van der Waals surface area contributed by atoms with Gasteiger partial charge in [-0.05, 0) is 68.3 Å². The van der Waals surface area contributed by atoms with Gasteiger partial charge < -0.3 is 19.3 Å². The predicted molar refractivity (Wildman–Crippen MR) is 174 cm³/mol. The molecule has 14 heteroatoms. The maximum Gasteiger partial charge on any atom is 0.350 e. The van der Waals surface area contributed by atoms with E-state index in [0.29, 0.717) is 61.5 Å². The first-order valence-electron chi connectivity index (χ1n) is 14.0. The summed E-state index contributed by atoms with van der Waals surface area (Å²) in [7, 11) is 0. The number of terminal acetylenes is 1. The van der Waals surface area contributed by atoms with Crippen LogP contribution in [0.3, 0.4) is 0 Å². The number of aromatic nitrogens is 5. The zero-order chi connectivity index (χ0) is 32.8. The molecule has 46 heavy (non-hydrogen) atoms. The van der Waals surface area contributed by atoms with E-state index in [4.69, 9.17) is 60.5 Å². The summed E-state index contributed by atoms with van der Waals surface area (Å²) in [6, 6.07) is 14.9. The molecule has 3 heterocycles. The van der Waals surface area contributed by atoms with Crippen LogP contribution < -0.4 is 19.9 Å². The second-order valence-electron chi connectivity index (χ2n) is 9.96. The summed E-state index contributed by atoms with van der Waals surface area (Å²) in [6.07, 6.45) is 8.56. The van der Waals surface area contributed by atoms with Crippen LogP contribution in [0.15, 0.2) is 65.6 Å². The summed E-state index contributed by atoms with van der Waals surface area (Å²) in [6.45, 7) is 2.22. The third-order valence-electron chi connectivity index (χ3n) is 6.70. The van der Waals surface area contributed by atoms with Gasteiger partial charge in [0.15, 0.2) is 6.10 Å². The topological polar surface area (TPSA) is 131 Å². The highest BCUT2D eigenvalue weighted by atomic mass is 35.5. The fourth-order valence-corrected chi connectivity index (χ4v) is 5.13. The van der Waals surface area contributed by atoms with E-state index in [0.717, 1.165) is 25.1 Å². The van der Waals surface area contributed by atoms with Crippen molar-refractivity contribution >= 4 is 51.8 Å². The monoisotopic (exact) mass is 681 g/mol. The molecular formula is C32H26Cl3N5O6. The number of halogens is 3. The van der Waals surface area contributed by atoms with Crippen LogP contribution in [-0.4, -0.2) is 48.1 Å². The number of carboxylic acids is 1. The molecule has 3 aromatic carbocycles. The number of hydrogen-bond donors (Lipinski definition) is 1. The molecule has 0 bridgehead atoms. The second-order valence-corrected chi connectivity index (χ2v) is 11.2. The Kier molecular flexibility index (Phi) is 10.3. The minimum Gasteiger partial charge on any atom is -0.479 e. The molecular weight excluding hydrogens is 657 g/mol. The maximum atomic E-state index is 12.5. The first-order chi connectivity index (χ1) is 22.1. The standard InChI is InChI=1S/C17H13ClN2O4.C15H13Cl2N3O2/c1-10(17(21)22)23-12-3-5-13(6-4-12)24-16-9-19-15-8-11(18)2-7-14(15)20-16;1-2-7-22-13-9-12(10(16)8-11(13)17)20-15(21)19-6-4-3-5-14(19)18-20/h2-10H,1H3,(H,21,22);1,8-9H,3-7H2. The molecule has 0 saturated heterocycles. The summed E-state index contributed by atoms with van der Waals surface area (Å²) in [4.78, 5) is 31.8. The van der Waals surface area contributed by atoms with E-state index in [1.165, 1.54) is 23.9 Å². The van der Waals surface area contributed by atoms with Crippen LogP contribution >= 0.6 is 34.8 Å². The van der Waals surface area contributed by atoms with Gasteiger partial charge in [-0.25, -0.2) is 19.6 Å². The van der Waals surface area contributed by atoms with Gasteiger partial charge >= 0.3 is 11.7 Å². The molecule has 0 radical (unpaired) electrons. The van der Waals surface area contributed by atoms with E-state index in [9.17, 15) is 9.59 Å². The van der Waals surface area contributed by atoms with Gasteiger partial charge in [0.05, 0.1) is 33.0 Å². The number of aryl methyl sites for hydroxylation is 1. The molecule has 0 spiro atoms. The van der Waals surface area contributed by atoms with Crippen LogP contribution in [0.5, 0.6) is 23.1 Å². The van der Waals surface area contributed by atoms with Crippen molar-refractivity contribution in [3.05, 3.63) is 92.2 Å². The molecule has 11 nitrogen and oxygen atoms in total. The Labute approximate surface area is 278 Å².